The molecular formula is C64H55N4OPt-3. The SMILES string of the molecule is CC(C)(C)c1ccc2c(c1)N(c1cc(-c3ccccc3)cc(C(C)(C)c3ccccc3)c1)[CH-]N2c1[c-]c(Oc2[c-]c3c(cc2)c2ccccc2n3-c2cc(C(C)(C)c3ccccc3)ccn2)ccc1.[Pt]. The van der Waals surface area contributed by atoms with Crippen molar-refractivity contribution in [2.75, 3.05) is 9.80 Å². The quantitative estimate of drug-likeness (QED) is 0.128. The monoisotopic (exact) mass is 1090 g/mol. The van der Waals surface area contributed by atoms with Gasteiger partial charge in [-0.1, -0.05) is 175 Å². The van der Waals surface area contributed by atoms with Crippen LogP contribution in [0.15, 0.2) is 200 Å². The number of aromatic nitrogens is 2. The molecule has 0 atom stereocenters. The zero-order valence-electron chi connectivity index (χ0n) is 40.6. The first-order valence-corrected chi connectivity index (χ1v) is 23.9. The van der Waals surface area contributed by atoms with Crippen molar-refractivity contribution in [1.29, 1.82) is 0 Å². The molecule has 0 fully saturated rings. The van der Waals surface area contributed by atoms with E-state index in [1.165, 1.54) is 38.9 Å². The molecule has 0 bridgehead atoms. The topological polar surface area (TPSA) is 33.5 Å². The molecule has 0 saturated carbocycles. The van der Waals surface area contributed by atoms with Gasteiger partial charge in [-0.15, -0.1) is 48.1 Å². The fraction of sp³-hybridized carbons (Fsp3) is 0.156. The molecule has 5 nitrogen and oxygen atoms in total. The zero-order valence-corrected chi connectivity index (χ0v) is 42.9. The fourth-order valence-electron chi connectivity index (χ4n) is 9.83. The molecule has 0 radical (unpaired) electrons. The predicted molar refractivity (Wildman–Crippen MR) is 286 cm³/mol. The van der Waals surface area contributed by atoms with Crippen molar-refractivity contribution in [3.05, 3.63) is 247 Å². The van der Waals surface area contributed by atoms with Crippen molar-refractivity contribution in [3.8, 4) is 28.4 Å². The molecule has 11 rings (SSSR count). The minimum Gasteiger partial charge on any atom is -0.509 e. The van der Waals surface area contributed by atoms with Gasteiger partial charge in [-0.05, 0) is 92.2 Å². The Kier molecular flexibility index (Phi) is 12.1. The molecule has 2 aromatic heterocycles. The number of hydrogen-bond acceptors (Lipinski definition) is 4. The van der Waals surface area contributed by atoms with E-state index in [0.717, 1.165) is 50.4 Å². The van der Waals surface area contributed by atoms with Crippen LogP contribution in [0.5, 0.6) is 11.5 Å². The Balaban J connectivity index is 0.00000567. The third-order valence-electron chi connectivity index (χ3n) is 14.1. The number of rotatable bonds is 10. The van der Waals surface area contributed by atoms with Gasteiger partial charge in [0.1, 0.15) is 5.82 Å². The Morgan fingerprint density at radius 2 is 1.13 bits per heavy atom. The minimum atomic E-state index is -0.260. The smallest absolute Gasteiger partial charge is 0.135 e. The van der Waals surface area contributed by atoms with E-state index in [0.29, 0.717) is 11.5 Å². The summed E-state index contributed by atoms with van der Waals surface area (Å²) < 4.78 is 8.94. The minimum absolute atomic E-state index is 0. The van der Waals surface area contributed by atoms with Crippen molar-refractivity contribution < 1.29 is 25.8 Å². The first-order chi connectivity index (χ1) is 33.3. The molecule has 350 valence electrons. The van der Waals surface area contributed by atoms with Crippen LogP contribution in [-0.2, 0) is 37.3 Å². The van der Waals surface area contributed by atoms with Crippen LogP contribution in [-0.4, -0.2) is 9.55 Å². The van der Waals surface area contributed by atoms with Gasteiger partial charge in [-0.25, -0.2) is 4.98 Å². The van der Waals surface area contributed by atoms with E-state index in [1.54, 1.807) is 0 Å². The van der Waals surface area contributed by atoms with E-state index < -0.39 is 0 Å². The second kappa shape index (κ2) is 18.3. The predicted octanol–water partition coefficient (Wildman–Crippen LogP) is 16.6. The summed E-state index contributed by atoms with van der Waals surface area (Å²) in [5.74, 6) is 2.01. The second-order valence-corrected chi connectivity index (χ2v) is 20.3. The summed E-state index contributed by atoms with van der Waals surface area (Å²) in [7, 11) is 0. The Bertz CT molecular complexity index is 3500. The van der Waals surface area contributed by atoms with Gasteiger partial charge in [0.15, 0.2) is 0 Å². The van der Waals surface area contributed by atoms with Crippen LogP contribution >= 0.6 is 0 Å². The molecule has 3 heterocycles. The Morgan fingerprint density at radius 1 is 0.471 bits per heavy atom. The van der Waals surface area contributed by atoms with Crippen LogP contribution in [0, 0.1) is 18.8 Å². The van der Waals surface area contributed by atoms with Crippen molar-refractivity contribution in [3.63, 3.8) is 0 Å². The fourth-order valence-corrected chi connectivity index (χ4v) is 9.83. The number of anilines is 4. The van der Waals surface area contributed by atoms with E-state index in [4.69, 9.17) is 9.72 Å². The normalized spacial score (nSPS) is 12.8. The number of para-hydroxylation sites is 1. The largest absolute Gasteiger partial charge is 0.509 e. The van der Waals surface area contributed by atoms with Gasteiger partial charge in [-0.2, -0.15) is 12.1 Å². The van der Waals surface area contributed by atoms with Crippen molar-refractivity contribution in [2.45, 2.75) is 64.7 Å². The molecule has 0 spiro atoms. The van der Waals surface area contributed by atoms with Crippen LogP contribution in [0.4, 0.5) is 22.7 Å². The van der Waals surface area contributed by atoms with Crippen molar-refractivity contribution in [1.82, 2.24) is 9.55 Å². The van der Waals surface area contributed by atoms with Crippen LogP contribution in [0.3, 0.4) is 0 Å². The summed E-state index contributed by atoms with van der Waals surface area (Å²) in [5, 5.41) is 2.21. The Labute approximate surface area is 427 Å². The molecule has 0 amide bonds. The van der Waals surface area contributed by atoms with Gasteiger partial charge in [-0.3, -0.25) is 0 Å². The van der Waals surface area contributed by atoms with E-state index in [9.17, 15) is 0 Å². The number of nitrogens with zero attached hydrogens (tertiary/aromatic N) is 4. The maximum atomic E-state index is 6.73. The zero-order chi connectivity index (χ0) is 47.5. The molecular weight excluding hydrogens is 1040 g/mol. The van der Waals surface area contributed by atoms with Crippen molar-refractivity contribution >= 4 is 44.6 Å². The van der Waals surface area contributed by atoms with Crippen LogP contribution < -0.4 is 14.5 Å². The van der Waals surface area contributed by atoms with E-state index in [2.05, 4.69) is 258 Å². The first-order valence-electron chi connectivity index (χ1n) is 23.9. The number of pyridine rings is 1. The van der Waals surface area contributed by atoms with Crippen LogP contribution in [0.2, 0.25) is 0 Å². The van der Waals surface area contributed by atoms with E-state index >= 15 is 0 Å². The maximum Gasteiger partial charge on any atom is 0.135 e. The average molecular weight is 1090 g/mol. The van der Waals surface area contributed by atoms with Crippen molar-refractivity contribution in [2.24, 2.45) is 0 Å². The third kappa shape index (κ3) is 8.51. The summed E-state index contributed by atoms with van der Waals surface area (Å²) in [6.45, 7) is 18.2. The molecule has 0 unspecified atom stereocenters. The molecule has 0 N–H and O–H groups in total. The molecule has 0 saturated heterocycles. The Hall–Kier alpha value is -7.20. The molecule has 1 aliphatic rings. The molecule has 6 heteroatoms. The van der Waals surface area contributed by atoms with Gasteiger partial charge in [0, 0.05) is 72.2 Å². The second-order valence-electron chi connectivity index (χ2n) is 20.3. The van der Waals surface area contributed by atoms with Gasteiger partial charge >= 0.3 is 0 Å². The van der Waals surface area contributed by atoms with Crippen LogP contribution in [0.1, 0.15) is 76.3 Å². The summed E-state index contributed by atoms with van der Waals surface area (Å²) in [5.41, 5.74) is 14.1. The standard InChI is InChI=1S/C64H55N4O.Pt/c1-62(2,3)48-30-33-58-60(39-48)67(52-37-45(44-20-11-8-12-21-44)36-50(38-52)64(6,7)47-24-15-10-16-25-47)43-66(58)51-26-19-27-53(41-51)69-54-31-32-56-55-28-17-18-29-57(55)68(59(56)42-54)61-40-49(34-35-65-61)63(4,5)46-22-13-9-14-23-46;/h8-40,43H,1-7H3;/q-3;. The summed E-state index contributed by atoms with van der Waals surface area (Å²) in [6, 6.07) is 76.4. The average Bonchev–Trinajstić information content (AvgIpc) is 3.93. The number of hydrogen-bond donors (Lipinski definition) is 0. The summed E-state index contributed by atoms with van der Waals surface area (Å²) in [6.07, 6.45) is 1.92. The summed E-state index contributed by atoms with van der Waals surface area (Å²) in [4.78, 5) is 9.53. The van der Waals surface area contributed by atoms with Gasteiger partial charge < -0.3 is 19.1 Å². The number of benzene rings is 8. The van der Waals surface area contributed by atoms with Gasteiger partial charge in [0.2, 0.25) is 0 Å². The molecule has 8 aromatic carbocycles. The maximum absolute atomic E-state index is 6.73. The first kappa shape index (κ1) is 46.5. The molecule has 10 aromatic rings. The summed E-state index contributed by atoms with van der Waals surface area (Å²) >= 11 is 0. The number of ether oxygens (including phenoxy) is 1. The molecule has 70 heavy (non-hydrogen) atoms. The molecule has 0 aliphatic carbocycles. The number of fused-ring (bicyclic) bond motifs is 4. The third-order valence-corrected chi connectivity index (χ3v) is 14.1. The van der Waals surface area contributed by atoms with Crippen LogP contribution in [0.25, 0.3) is 38.8 Å². The van der Waals surface area contributed by atoms with Gasteiger partial charge in [0.05, 0.1) is 0 Å². The Morgan fingerprint density at radius 3 is 1.84 bits per heavy atom. The van der Waals surface area contributed by atoms with E-state index in [-0.39, 0.29) is 37.3 Å². The van der Waals surface area contributed by atoms with E-state index in [1.807, 2.05) is 24.4 Å². The molecule has 1 aliphatic heterocycles. The van der Waals surface area contributed by atoms with Gasteiger partial charge in [0.25, 0.3) is 0 Å².